The molecule has 4 heteroatoms. The minimum absolute atomic E-state index is 0.908. The number of nitrogens with zero attached hydrogens (tertiary/aromatic N) is 4. The van der Waals surface area contributed by atoms with Gasteiger partial charge in [0.15, 0.2) is 0 Å². The molecule has 4 nitrogen and oxygen atoms in total. The third-order valence-corrected chi connectivity index (χ3v) is 10.4. The number of fused-ring (bicyclic) bond motifs is 2. The van der Waals surface area contributed by atoms with E-state index in [0.717, 1.165) is 67.5 Å². The van der Waals surface area contributed by atoms with Crippen LogP contribution in [0.3, 0.4) is 0 Å². The monoisotopic (exact) mass is 704 g/mol. The number of hydrogen-bond donors (Lipinski definition) is 0. The lowest BCUT2D eigenvalue weighted by Gasteiger charge is -2.28. The molecular formula is C51H36N4. The number of aromatic nitrogens is 3. The van der Waals surface area contributed by atoms with Gasteiger partial charge >= 0.3 is 0 Å². The second-order valence-corrected chi connectivity index (χ2v) is 13.7. The van der Waals surface area contributed by atoms with Gasteiger partial charge in [-0.25, -0.2) is 4.98 Å². The van der Waals surface area contributed by atoms with Crippen molar-refractivity contribution < 1.29 is 0 Å². The van der Waals surface area contributed by atoms with Gasteiger partial charge in [-0.1, -0.05) is 140 Å². The third-order valence-electron chi connectivity index (χ3n) is 10.4. The van der Waals surface area contributed by atoms with E-state index in [1.165, 1.54) is 16.5 Å². The summed E-state index contributed by atoms with van der Waals surface area (Å²) < 4.78 is 4.56. The standard InChI is InChI=1S/C51H36N4/c1-4-15-37(16-5-1)38-31-33-43(34-32-38)54(42-19-8-3-9-20-42)48-23-12-10-21-44(48)39-27-29-40(30-28-39)51-52-46-22-11-13-24-50(46)55(51)49-26-14-25-47-45(49)35-36-53(47)41-17-6-2-7-18-41/h1-36H. The molecule has 10 rings (SSSR count). The Morgan fingerprint density at radius 1 is 0.400 bits per heavy atom. The molecule has 0 N–H and O–H groups in total. The highest BCUT2D eigenvalue weighted by Crippen LogP contribution is 2.42. The fourth-order valence-electron chi connectivity index (χ4n) is 7.77. The number of imidazole rings is 1. The van der Waals surface area contributed by atoms with Crippen LogP contribution in [0.5, 0.6) is 0 Å². The maximum absolute atomic E-state index is 5.24. The normalized spacial score (nSPS) is 11.3. The van der Waals surface area contributed by atoms with Crippen molar-refractivity contribution in [1.82, 2.24) is 14.1 Å². The summed E-state index contributed by atoms with van der Waals surface area (Å²) in [4.78, 5) is 7.58. The zero-order valence-electron chi connectivity index (χ0n) is 30.1. The summed E-state index contributed by atoms with van der Waals surface area (Å²) in [6.45, 7) is 0. The van der Waals surface area contributed by atoms with Gasteiger partial charge in [0.25, 0.3) is 0 Å². The van der Waals surface area contributed by atoms with Crippen molar-refractivity contribution in [2.24, 2.45) is 0 Å². The number of anilines is 3. The average Bonchev–Trinajstić information content (AvgIpc) is 3.88. The number of hydrogen-bond acceptors (Lipinski definition) is 2. The van der Waals surface area contributed by atoms with E-state index in [1.807, 2.05) is 0 Å². The number of benzene rings is 8. The minimum atomic E-state index is 0.908. The molecule has 0 aliphatic heterocycles. The molecule has 2 aromatic heterocycles. The van der Waals surface area contributed by atoms with Crippen LogP contribution in [-0.4, -0.2) is 14.1 Å². The molecule has 0 amide bonds. The van der Waals surface area contributed by atoms with Crippen LogP contribution in [0.25, 0.3) is 67.0 Å². The summed E-state index contributed by atoms with van der Waals surface area (Å²) in [6.07, 6.45) is 2.16. The Morgan fingerprint density at radius 3 is 1.76 bits per heavy atom. The van der Waals surface area contributed by atoms with Crippen LogP contribution >= 0.6 is 0 Å². The van der Waals surface area contributed by atoms with E-state index in [1.54, 1.807) is 0 Å². The highest BCUT2D eigenvalue weighted by molar-refractivity contribution is 5.94. The van der Waals surface area contributed by atoms with Crippen molar-refractivity contribution in [3.63, 3.8) is 0 Å². The molecule has 0 unspecified atom stereocenters. The zero-order chi connectivity index (χ0) is 36.6. The molecule has 0 saturated heterocycles. The first kappa shape index (κ1) is 32.2. The minimum Gasteiger partial charge on any atom is -0.316 e. The van der Waals surface area contributed by atoms with E-state index < -0.39 is 0 Å². The Hall–Kier alpha value is -7.43. The summed E-state index contributed by atoms with van der Waals surface area (Å²) in [5, 5.41) is 1.17. The maximum atomic E-state index is 5.24. The van der Waals surface area contributed by atoms with Crippen LogP contribution in [0.1, 0.15) is 0 Å². The van der Waals surface area contributed by atoms with E-state index in [9.17, 15) is 0 Å². The van der Waals surface area contributed by atoms with Crippen molar-refractivity contribution in [1.29, 1.82) is 0 Å². The highest BCUT2D eigenvalue weighted by atomic mass is 15.1. The van der Waals surface area contributed by atoms with Crippen LogP contribution in [0.2, 0.25) is 0 Å². The lowest BCUT2D eigenvalue weighted by atomic mass is 9.99. The lowest BCUT2D eigenvalue weighted by Crippen LogP contribution is -2.11. The quantitative estimate of drug-likeness (QED) is 0.157. The summed E-state index contributed by atoms with van der Waals surface area (Å²) in [5.41, 5.74) is 14.4. The van der Waals surface area contributed by atoms with Gasteiger partial charge in [-0.15, -0.1) is 0 Å². The Morgan fingerprint density at radius 2 is 0.982 bits per heavy atom. The fraction of sp³-hybridized carbons (Fsp3) is 0. The second-order valence-electron chi connectivity index (χ2n) is 13.7. The molecular weight excluding hydrogens is 669 g/mol. The molecule has 0 spiro atoms. The molecule has 0 bridgehead atoms. The van der Waals surface area contributed by atoms with E-state index in [4.69, 9.17) is 4.98 Å². The Kier molecular flexibility index (Phi) is 8.12. The van der Waals surface area contributed by atoms with Crippen LogP contribution < -0.4 is 4.90 Å². The van der Waals surface area contributed by atoms with Gasteiger partial charge in [-0.3, -0.25) is 4.57 Å². The van der Waals surface area contributed by atoms with E-state index in [0.29, 0.717) is 0 Å². The van der Waals surface area contributed by atoms with Gasteiger partial charge in [-0.05, 0) is 89.5 Å². The molecule has 0 aliphatic rings. The SMILES string of the molecule is c1ccc(-c2ccc(N(c3ccccc3)c3ccccc3-c3ccc(-c4nc5ccccc5n4-c4cccc5c4ccn5-c4ccccc4)cc3)cc2)cc1. The molecule has 0 atom stereocenters. The van der Waals surface area contributed by atoms with Gasteiger partial charge in [0.2, 0.25) is 0 Å². The fourth-order valence-corrected chi connectivity index (χ4v) is 7.77. The topological polar surface area (TPSA) is 26.0 Å². The first-order valence-corrected chi connectivity index (χ1v) is 18.6. The Labute approximate surface area is 320 Å². The Bertz CT molecular complexity index is 2890. The molecule has 260 valence electrons. The van der Waals surface area contributed by atoms with Crippen LogP contribution in [0, 0.1) is 0 Å². The van der Waals surface area contributed by atoms with Crippen molar-refractivity contribution in [3.8, 4) is 45.0 Å². The van der Waals surface area contributed by atoms with Crippen molar-refractivity contribution >= 4 is 39.0 Å². The van der Waals surface area contributed by atoms with Crippen LogP contribution in [0.15, 0.2) is 219 Å². The smallest absolute Gasteiger partial charge is 0.145 e. The van der Waals surface area contributed by atoms with Crippen LogP contribution in [0.4, 0.5) is 17.1 Å². The molecule has 55 heavy (non-hydrogen) atoms. The van der Waals surface area contributed by atoms with Gasteiger partial charge in [0.1, 0.15) is 5.82 Å². The molecule has 8 aromatic carbocycles. The summed E-state index contributed by atoms with van der Waals surface area (Å²) >= 11 is 0. The van der Waals surface area contributed by atoms with E-state index in [-0.39, 0.29) is 0 Å². The molecule has 2 heterocycles. The van der Waals surface area contributed by atoms with E-state index in [2.05, 4.69) is 233 Å². The van der Waals surface area contributed by atoms with Gasteiger partial charge in [0, 0.05) is 39.8 Å². The predicted octanol–water partition coefficient (Wildman–Crippen LogP) is 13.4. The average molecular weight is 705 g/mol. The van der Waals surface area contributed by atoms with Gasteiger partial charge in [-0.2, -0.15) is 0 Å². The lowest BCUT2D eigenvalue weighted by molar-refractivity contribution is 1.11. The second kappa shape index (κ2) is 13.8. The largest absolute Gasteiger partial charge is 0.316 e. The molecule has 0 radical (unpaired) electrons. The number of para-hydroxylation sites is 5. The van der Waals surface area contributed by atoms with Crippen LogP contribution in [-0.2, 0) is 0 Å². The first-order valence-electron chi connectivity index (χ1n) is 18.6. The molecule has 0 aliphatic carbocycles. The van der Waals surface area contributed by atoms with Crippen molar-refractivity contribution in [2.75, 3.05) is 4.90 Å². The molecule has 10 aromatic rings. The molecule has 0 saturated carbocycles. The Balaban J connectivity index is 1.06. The summed E-state index contributed by atoms with van der Waals surface area (Å²) in [7, 11) is 0. The van der Waals surface area contributed by atoms with E-state index >= 15 is 0 Å². The van der Waals surface area contributed by atoms with Gasteiger partial charge in [0.05, 0.1) is 27.9 Å². The molecule has 0 fully saturated rings. The number of rotatable bonds is 8. The zero-order valence-corrected chi connectivity index (χ0v) is 30.1. The third kappa shape index (κ3) is 5.87. The summed E-state index contributed by atoms with van der Waals surface area (Å²) in [6, 6.07) is 75.2. The van der Waals surface area contributed by atoms with Crippen molar-refractivity contribution in [2.45, 2.75) is 0 Å². The highest BCUT2D eigenvalue weighted by Gasteiger charge is 2.20. The maximum Gasteiger partial charge on any atom is 0.145 e. The van der Waals surface area contributed by atoms with Crippen molar-refractivity contribution in [3.05, 3.63) is 219 Å². The summed E-state index contributed by atoms with van der Waals surface area (Å²) in [5.74, 6) is 0.908. The predicted molar refractivity (Wildman–Crippen MR) is 229 cm³/mol. The van der Waals surface area contributed by atoms with Gasteiger partial charge < -0.3 is 9.47 Å². The first-order chi connectivity index (χ1) is 27.3.